The van der Waals surface area contributed by atoms with Gasteiger partial charge in [-0.2, -0.15) is 0 Å². The van der Waals surface area contributed by atoms with E-state index in [1.165, 1.54) is 0 Å². The molecule has 0 saturated heterocycles. The average Bonchev–Trinajstić information content (AvgIpc) is 3.16. The highest BCUT2D eigenvalue weighted by atomic mass is 16.5. The van der Waals surface area contributed by atoms with Gasteiger partial charge in [0.15, 0.2) is 5.78 Å². The van der Waals surface area contributed by atoms with E-state index >= 15 is 0 Å². The lowest BCUT2D eigenvalue weighted by atomic mass is 10.0. The monoisotopic (exact) mass is 448 g/mol. The number of nitrogens with one attached hydrogen (secondary N) is 2. The third-order valence-electron chi connectivity index (χ3n) is 5.74. The molecule has 0 fully saturated rings. The summed E-state index contributed by atoms with van der Waals surface area (Å²) in [4.78, 5) is 38.0. The van der Waals surface area contributed by atoms with E-state index in [0.29, 0.717) is 39.4 Å². The molecule has 0 radical (unpaired) electrons. The molecule has 0 saturated carbocycles. The summed E-state index contributed by atoms with van der Waals surface area (Å²) in [6, 6.07) is 26.2. The summed E-state index contributed by atoms with van der Waals surface area (Å²) in [5.41, 5.74) is 4.94. The number of amides is 2. The summed E-state index contributed by atoms with van der Waals surface area (Å²) in [7, 11) is 1.58. The number of ether oxygens (including phenoxy) is 1. The second kappa shape index (κ2) is 8.67. The minimum Gasteiger partial charge on any atom is -0.497 e. The molecule has 1 aliphatic carbocycles. The number of fused-ring (bicyclic) bond motifs is 3. The maximum atomic E-state index is 12.8. The first kappa shape index (κ1) is 21.2. The van der Waals surface area contributed by atoms with E-state index in [2.05, 4.69) is 10.6 Å². The first-order valence-electron chi connectivity index (χ1n) is 10.7. The fraction of sp³-hybridized carbons (Fsp3) is 0.0357. The first-order chi connectivity index (χ1) is 16.5. The molecule has 4 aromatic carbocycles. The van der Waals surface area contributed by atoms with Crippen molar-refractivity contribution in [1.82, 2.24) is 0 Å². The van der Waals surface area contributed by atoms with Crippen molar-refractivity contribution in [2.45, 2.75) is 0 Å². The summed E-state index contributed by atoms with van der Waals surface area (Å²) >= 11 is 0. The van der Waals surface area contributed by atoms with Crippen LogP contribution in [0.5, 0.6) is 5.75 Å². The van der Waals surface area contributed by atoms with Crippen molar-refractivity contribution in [1.29, 1.82) is 0 Å². The van der Waals surface area contributed by atoms with Gasteiger partial charge in [-0.3, -0.25) is 14.4 Å². The van der Waals surface area contributed by atoms with Gasteiger partial charge in [-0.15, -0.1) is 0 Å². The van der Waals surface area contributed by atoms with E-state index in [9.17, 15) is 14.4 Å². The highest BCUT2D eigenvalue weighted by Gasteiger charge is 2.27. The molecule has 1 aliphatic rings. The summed E-state index contributed by atoms with van der Waals surface area (Å²) in [6.45, 7) is 0. The quantitative estimate of drug-likeness (QED) is 0.376. The van der Waals surface area contributed by atoms with Crippen molar-refractivity contribution in [3.63, 3.8) is 0 Å². The molecule has 0 heterocycles. The van der Waals surface area contributed by atoms with Crippen LogP contribution in [0.4, 0.5) is 11.4 Å². The first-order valence-corrected chi connectivity index (χ1v) is 10.7. The van der Waals surface area contributed by atoms with Gasteiger partial charge >= 0.3 is 0 Å². The van der Waals surface area contributed by atoms with Crippen molar-refractivity contribution < 1.29 is 19.1 Å². The summed E-state index contributed by atoms with van der Waals surface area (Å²) < 4.78 is 5.11. The smallest absolute Gasteiger partial charge is 0.255 e. The van der Waals surface area contributed by atoms with Crippen molar-refractivity contribution in [2.24, 2.45) is 0 Å². The van der Waals surface area contributed by atoms with Gasteiger partial charge < -0.3 is 15.4 Å². The highest BCUT2D eigenvalue weighted by Crippen LogP contribution is 2.36. The molecule has 6 nitrogen and oxygen atoms in total. The average molecular weight is 448 g/mol. The van der Waals surface area contributed by atoms with Gasteiger partial charge in [0.05, 0.1) is 7.11 Å². The van der Waals surface area contributed by atoms with E-state index in [0.717, 1.165) is 11.1 Å². The molecule has 0 unspecified atom stereocenters. The van der Waals surface area contributed by atoms with Crippen LogP contribution in [-0.4, -0.2) is 24.7 Å². The molecule has 166 valence electrons. The second-order valence-corrected chi connectivity index (χ2v) is 7.85. The molecule has 2 N–H and O–H groups in total. The van der Waals surface area contributed by atoms with Gasteiger partial charge in [-0.25, -0.2) is 0 Å². The second-order valence-electron chi connectivity index (χ2n) is 7.85. The van der Waals surface area contributed by atoms with E-state index < -0.39 is 0 Å². The standard InChI is InChI=1S/C28H20N2O4/c1-34-21-13-11-20(12-14-21)29-27(32)17-6-9-19(10-7-17)30-28(33)18-8-15-23-22-4-2-3-5-24(22)26(31)25(23)16-18/h2-16H,1H3,(H,29,32)(H,30,33). The molecule has 34 heavy (non-hydrogen) atoms. The molecule has 2 amide bonds. The third-order valence-corrected chi connectivity index (χ3v) is 5.74. The number of hydrogen-bond acceptors (Lipinski definition) is 4. The van der Waals surface area contributed by atoms with E-state index in [4.69, 9.17) is 4.74 Å². The Balaban J connectivity index is 1.27. The Kier molecular flexibility index (Phi) is 5.40. The van der Waals surface area contributed by atoms with Crippen LogP contribution in [0.2, 0.25) is 0 Å². The van der Waals surface area contributed by atoms with Gasteiger partial charge in [-0.05, 0) is 71.8 Å². The Morgan fingerprint density at radius 1 is 0.618 bits per heavy atom. The Morgan fingerprint density at radius 3 is 1.79 bits per heavy atom. The molecular weight excluding hydrogens is 428 g/mol. The SMILES string of the molecule is COc1ccc(NC(=O)c2ccc(NC(=O)c3ccc4c(c3)C(=O)c3ccccc3-4)cc2)cc1. The molecule has 0 bridgehead atoms. The Labute approximate surface area is 196 Å². The topological polar surface area (TPSA) is 84.5 Å². The van der Waals surface area contributed by atoms with Gasteiger partial charge in [0.25, 0.3) is 11.8 Å². The van der Waals surface area contributed by atoms with E-state index in [-0.39, 0.29) is 17.6 Å². The van der Waals surface area contributed by atoms with Crippen molar-refractivity contribution in [3.8, 4) is 16.9 Å². The normalized spacial score (nSPS) is 11.4. The van der Waals surface area contributed by atoms with Gasteiger partial charge in [0, 0.05) is 33.6 Å². The van der Waals surface area contributed by atoms with Gasteiger partial charge in [0.2, 0.25) is 0 Å². The molecule has 6 heteroatoms. The fourth-order valence-electron chi connectivity index (χ4n) is 3.96. The van der Waals surface area contributed by atoms with Crippen molar-refractivity contribution in [2.75, 3.05) is 17.7 Å². The number of hydrogen-bond donors (Lipinski definition) is 2. The third kappa shape index (κ3) is 3.93. The predicted octanol–water partition coefficient (Wildman–Crippen LogP) is 5.41. The zero-order valence-electron chi connectivity index (χ0n) is 18.3. The lowest BCUT2D eigenvalue weighted by Gasteiger charge is -2.09. The minimum atomic E-state index is -0.331. The summed E-state index contributed by atoms with van der Waals surface area (Å²) in [5.74, 6) is 0.0320. The van der Waals surface area contributed by atoms with Crippen LogP contribution in [0, 0.1) is 0 Å². The Bertz CT molecular complexity index is 1420. The zero-order chi connectivity index (χ0) is 23.7. The molecule has 0 aromatic heterocycles. The van der Waals surface area contributed by atoms with Crippen LogP contribution in [0.15, 0.2) is 91.0 Å². The van der Waals surface area contributed by atoms with Gasteiger partial charge in [0.1, 0.15) is 5.75 Å². The largest absolute Gasteiger partial charge is 0.497 e. The molecule has 4 aromatic rings. The molecule has 5 rings (SSSR count). The predicted molar refractivity (Wildman–Crippen MR) is 131 cm³/mol. The van der Waals surface area contributed by atoms with E-state index in [1.807, 2.05) is 18.2 Å². The number of anilines is 2. The van der Waals surface area contributed by atoms with Crippen LogP contribution in [0.3, 0.4) is 0 Å². The number of carbonyl (C=O) groups excluding carboxylic acids is 3. The van der Waals surface area contributed by atoms with Crippen LogP contribution >= 0.6 is 0 Å². The van der Waals surface area contributed by atoms with Crippen molar-refractivity contribution >= 4 is 29.0 Å². The zero-order valence-corrected chi connectivity index (χ0v) is 18.3. The number of rotatable bonds is 5. The maximum Gasteiger partial charge on any atom is 0.255 e. The van der Waals surface area contributed by atoms with Crippen LogP contribution < -0.4 is 15.4 Å². The fourth-order valence-corrected chi connectivity index (χ4v) is 3.96. The van der Waals surface area contributed by atoms with Crippen LogP contribution in [-0.2, 0) is 0 Å². The maximum absolute atomic E-state index is 12.8. The van der Waals surface area contributed by atoms with Crippen LogP contribution in [0.25, 0.3) is 11.1 Å². The van der Waals surface area contributed by atoms with E-state index in [1.54, 1.807) is 79.9 Å². The van der Waals surface area contributed by atoms with Gasteiger partial charge in [-0.1, -0.05) is 30.3 Å². The summed E-state index contributed by atoms with van der Waals surface area (Å²) in [6.07, 6.45) is 0. The number of methoxy groups -OCH3 is 1. The molecular formula is C28H20N2O4. The van der Waals surface area contributed by atoms with Crippen molar-refractivity contribution in [3.05, 3.63) is 113 Å². The number of ketones is 1. The highest BCUT2D eigenvalue weighted by molar-refractivity contribution is 6.22. The molecule has 0 spiro atoms. The lowest BCUT2D eigenvalue weighted by molar-refractivity contribution is 0.101. The van der Waals surface area contributed by atoms with Crippen LogP contribution in [0.1, 0.15) is 36.6 Å². The summed E-state index contributed by atoms with van der Waals surface area (Å²) in [5, 5.41) is 5.64. The Hall–Kier alpha value is -4.71. The molecule has 0 aliphatic heterocycles. The minimum absolute atomic E-state index is 0.0764. The number of carbonyl (C=O) groups is 3. The molecule has 0 atom stereocenters. The Morgan fingerprint density at radius 2 is 1.15 bits per heavy atom. The number of benzene rings is 4. The lowest BCUT2D eigenvalue weighted by Crippen LogP contribution is -2.14.